The molecule has 0 aromatic carbocycles. The Bertz CT molecular complexity index is 598. The van der Waals surface area contributed by atoms with E-state index in [9.17, 15) is 9.59 Å². The van der Waals surface area contributed by atoms with Crippen LogP contribution >= 0.6 is 0 Å². The molecule has 2 fully saturated rings. The molecule has 2 aliphatic heterocycles. The molecule has 0 aliphatic carbocycles. The zero-order valence-electron chi connectivity index (χ0n) is 13.9. The van der Waals surface area contributed by atoms with Crippen LogP contribution in [-0.4, -0.2) is 51.7 Å². The lowest BCUT2D eigenvalue weighted by atomic mass is 9.97. The Labute approximate surface area is 136 Å². The van der Waals surface area contributed by atoms with Crippen molar-refractivity contribution in [3.63, 3.8) is 0 Å². The van der Waals surface area contributed by atoms with Gasteiger partial charge in [0.2, 0.25) is 11.8 Å². The van der Waals surface area contributed by atoms with Crippen molar-refractivity contribution in [2.45, 2.75) is 44.9 Å². The predicted molar refractivity (Wildman–Crippen MR) is 83.4 cm³/mol. The zero-order valence-corrected chi connectivity index (χ0v) is 13.9. The number of hydrogen-bond acceptors (Lipinski definition) is 4. The average molecular weight is 320 g/mol. The van der Waals surface area contributed by atoms with Crippen molar-refractivity contribution in [3.8, 4) is 0 Å². The van der Waals surface area contributed by atoms with Crippen LogP contribution in [0.4, 0.5) is 0 Å². The summed E-state index contributed by atoms with van der Waals surface area (Å²) in [7, 11) is 1.85. The normalized spacial score (nSPS) is 27.9. The maximum atomic E-state index is 12.7. The van der Waals surface area contributed by atoms with Gasteiger partial charge in [0, 0.05) is 38.9 Å². The van der Waals surface area contributed by atoms with Gasteiger partial charge in [0.25, 0.3) is 0 Å². The molecule has 126 valence electrons. The second kappa shape index (κ2) is 6.31. The summed E-state index contributed by atoms with van der Waals surface area (Å²) < 4.78 is 7.50. The fourth-order valence-electron chi connectivity index (χ4n) is 3.45. The van der Waals surface area contributed by atoms with Crippen LogP contribution in [-0.2, 0) is 21.4 Å². The maximum absolute atomic E-state index is 12.7. The van der Waals surface area contributed by atoms with Crippen molar-refractivity contribution in [2.24, 2.45) is 13.0 Å². The molecule has 23 heavy (non-hydrogen) atoms. The largest absolute Gasteiger partial charge is 0.371 e. The number of nitrogens with zero attached hydrogens (tertiary/aromatic N) is 3. The number of ether oxygens (including phenoxy) is 1. The monoisotopic (exact) mass is 320 g/mol. The van der Waals surface area contributed by atoms with Crippen LogP contribution in [0.15, 0.2) is 12.3 Å². The Morgan fingerprint density at radius 2 is 2.26 bits per heavy atom. The summed E-state index contributed by atoms with van der Waals surface area (Å²) in [6.07, 6.45) is 2.52. The van der Waals surface area contributed by atoms with E-state index in [2.05, 4.69) is 10.4 Å². The number of aryl methyl sites for hydroxylation is 1. The smallest absolute Gasteiger partial charge is 0.226 e. The Morgan fingerprint density at radius 1 is 1.48 bits per heavy atom. The van der Waals surface area contributed by atoms with E-state index in [1.54, 1.807) is 10.9 Å². The Kier molecular flexibility index (Phi) is 4.39. The van der Waals surface area contributed by atoms with Gasteiger partial charge in [-0.3, -0.25) is 14.3 Å². The zero-order chi connectivity index (χ0) is 16.6. The number of rotatable bonds is 4. The van der Waals surface area contributed by atoms with Crippen LogP contribution in [0.25, 0.3) is 0 Å². The molecule has 0 saturated carbocycles. The van der Waals surface area contributed by atoms with Crippen LogP contribution in [0.3, 0.4) is 0 Å². The van der Waals surface area contributed by atoms with Crippen molar-refractivity contribution in [3.05, 3.63) is 18.0 Å². The lowest BCUT2D eigenvalue weighted by molar-refractivity contribution is -0.129. The molecule has 2 aliphatic rings. The number of hydrogen-bond donors (Lipinski definition) is 1. The lowest BCUT2D eigenvalue weighted by Gasteiger charge is -2.23. The SMILES string of the molecule is CC(C)N1C[C@@H](NC(=O)[C@@H]2CCO[C@H]2c2ccnn2C)CC1=O. The molecule has 7 nitrogen and oxygen atoms in total. The number of carbonyl (C=O) groups is 2. The molecule has 0 spiro atoms. The summed E-state index contributed by atoms with van der Waals surface area (Å²) in [6.45, 7) is 5.14. The molecule has 3 heterocycles. The summed E-state index contributed by atoms with van der Waals surface area (Å²) in [5, 5.41) is 7.19. The van der Waals surface area contributed by atoms with Crippen molar-refractivity contribution < 1.29 is 14.3 Å². The highest BCUT2D eigenvalue weighted by Gasteiger charge is 2.39. The quantitative estimate of drug-likeness (QED) is 0.882. The summed E-state index contributed by atoms with van der Waals surface area (Å²) >= 11 is 0. The molecular weight excluding hydrogens is 296 g/mol. The summed E-state index contributed by atoms with van der Waals surface area (Å²) in [4.78, 5) is 26.4. The first-order valence-corrected chi connectivity index (χ1v) is 8.16. The van der Waals surface area contributed by atoms with Crippen LogP contribution in [0.2, 0.25) is 0 Å². The number of nitrogens with one attached hydrogen (secondary N) is 1. The number of aromatic nitrogens is 2. The summed E-state index contributed by atoms with van der Waals surface area (Å²) in [5.41, 5.74) is 0.911. The fourth-order valence-corrected chi connectivity index (χ4v) is 3.45. The van der Waals surface area contributed by atoms with E-state index in [0.717, 1.165) is 5.69 Å². The van der Waals surface area contributed by atoms with Crippen LogP contribution < -0.4 is 5.32 Å². The third-order valence-electron chi connectivity index (χ3n) is 4.71. The molecule has 3 rings (SSSR count). The van der Waals surface area contributed by atoms with E-state index in [4.69, 9.17) is 4.74 Å². The van der Waals surface area contributed by atoms with Crippen LogP contribution in [0.1, 0.15) is 38.5 Å². The van der Waals surface area contributed by atoms with Crippen molar-refractivity contribution >= 4 is 11.8 Å². The predicted octanol–water partition coefficient (Wildman–Crippen LogP) is 0.623. The van der Waals surface area contributed by atoms with Gasteiger partial charge in [-0.1, -0.05) is 0 Å². The summed E-state index contributed by atoms with van der Waals surface area (Å²) in [6, 6.07) is 1.95. The first-order chi connectivity index (χ1) is 11.0. The van der Waals surface area contributed by atoms with E-state index in [1.165, 1.54) is 0 Å². The Balaban J connectivity index is 1.64. The van der Waals surface area contributed by atoms with Gasteiger partial charge in [-0.2, -0.15) is 5.10 Å². The third kappa shape index (κ3) is 3.10. The fraction of sp³-hybridized carbons (Fsp3) is 0.688. The molecule has 0 radical (unpaired) electrons. The minimum atomic E-state index is -0.263. The first kappa shape index (κ1) is 16.0. The van der Waals surface area contributed by atoms with E-state index < -0.39 is 0 Å². The molecule has 1 aromatic rings. The number of amides is 2. The molecule has 0 bridgehead atoms. The van der Waals surface area contributed by atoms with E-state index in [-0.39, 0.29) is 35.9 Å². The molecule has 3 atom stereocenters. The second-order valence-electron chi connectivity index (χ2n) is 6.62. The second-order valence-corrected chi connectivity index (χ2v) is 6.62. The van der Waals surface area contributed by atoms with Crippen molar-refractivity contribution in [1.82, 2.24) is 20.0 Å². The van der Waals surface area contributed by atoms with Gasteiger partial charge < -0.3 is 15.0 Å². The van der Waals surface area contributed by atoms with E-state index in [0.29, 0.717) is 26.0 Å². The molecule has 2 amide bonds. The molecular formula is C16H24N4O3. The standard InChI is InChI=1S/C16H24N4O3/c1-10(2)20-9-11(8-14(20)21)18-16(22)12-5-7-23-15(12)13-4-6-17-19(13)3/h4,6,10-12,15H,5,7-9H2,1-3H3,(H,18,22)/t11-,12+,15+/m0/s1. The molecule has 0 unspecified atom stereocenters. The van der Waals surface area contributed by atoms with Gasteiger partial charge in [-0.25, -0.2) is 0 Å². The van der Waals surface area contributed by atoms with E-state index >= 15 is 0 Å². The number of carbonyl (C=O) groups excluding carboxylic acids is 2. The van der Waals surface area contributed by atoms with Crippen molar-refractivity contribution in [1.29, 1.82) is 0 Å². The highest BCUT2D eigenvalue weighted by atomic mass is 16.5. The molecule has 7 heteroatoms. The highest BCUT2D eigenvalue weighted by Crippen LogP contribution is 2.34. The van der Waals surface area contributed by atoms with Crippen LogP contribution in [0.5, 0.6) is 0 Å². The van der Waals surface area contributed by atoms with Gasteiger partial charge in [-0.15, -0.1) is 0 Å². The minimum Gasteiger partial charge on any atom is -0.371 e. The van der Waals surface area contributed by atoms with Gasteiger partial charge in [-0.05, 0) is 26.3 Å². The highest BCUT2D eigenvalue weighted by molar-refractivity contribution is 5.83. The Morgan fingerprint density at radius 3 is 2.87 bits per heavy atom. The third-order valence-corrected chi connectivity index (χ3v) is 4.71. The molecule has 1 aromatic heterocycles. The summed E-state index contributed by atoms with van der Waals surface area (Å²) in [5.74, 6) is -0.151. The van der Waals surface area contributed by atoms with E-state index in [1.807, 2.05) is 31.9 Å². The molecule has 1 N–H and O–H groups in total. The van der Waals surface area contributed by atoms with Crippen LogP contribution in [0, 0.1) is 5.92 Å². The first-order valence-electron chi connectivity index (χ1n) is 8.16. The van der Waals surface area contributed by atoms with Gasteiger partial charge >= 0.3 is 0 Å². The topological polar surface area (TPSA) is 76.5 Å². The molecule has 2 saturated heterocycles. The van der Waals surface area contributed by atoms with Gasteiger partial charge in [0.15, 0.2) is 0 Å². The lowest BCUT2D eigenvalue weighted by Crippen LogP contribution is -2.42. The minimum absolute atomic E-state index is 0.0305. The Hall–Kier alpha value is -1.89. The number of likely N-dealkylation sites (tertiary alicyclic amines) is 1. The maximum Gasteiger partial charge on any atom is 0.226 e. The van der Waals surface area contributed by atoms with Gasteiger partial charge in [0.1, 0.15) is 6.10 Å². The van der Waals surface area contributed by atoms with Gasteiger partial charge in [0.05, 0.1) is 17.7 Å². The average Bonchev–Trinajstić information content (AvgIpc) is 3.17. The van der Waals surface area contributed by atoms with Crippen molar-refractivity contribution in [2.75, 3.05) is 13.2 Å².